The van der Waals surface area contributed by atoms with Gasteiger partial charge in [0.15, 0.2) is 0 Å². The van der Waals surface area contributed by atoms with E-state index in [0.29, 0.717) is 35.5 Å². The molecule has 3 fully saturated rings. The Bertz CT molecular complexity index is 1040. The van der Waals surface area contributed by atoms with Gasteiger partial charge >= 0.3 is 14.3 Å². The molecule has 4 rings (SSSR count). The molecule has 7 nitrogen and oxygen atoms in total. The molecule has 0 heterocycles. The van der Waals surface area contributed by atoms with Crippen LogP contribution in [0.1, 0.15) is 98.8 Å². The molecule has 0 aliphatic heterocycles. The molecule has 0 aromatic heterocycles. The highest BCUT2D eigenvalue weighted by Crippen LogP contribution is 2.66. The Balaban J connectivity index is 1.33. The zero-order valence-electron chi connectivity index (χ0n) is 25.8. The van der Waals surface area contributed by atoms with E-state index < -0.39 is 20.5 Å². The molecular weight excluding hydrogens is 537 g/mol. The van der Waals surface area contributed by atoms with Gasteiger partial charge in [-0.1, -0.05) is 76.5 Å². The van der Waals surface area contributed by atoms with Gasteiger partial charge in [0.2, 0.25) is 0 Å². The van der Waals surface area contributed by atoms with Crippen molar-refractivity contribution in [3.8, 4) is 0 Å². The molecule has 3 saturated carbocycles. The number of amides is 1. The molecule has 0 spiro atoms. The van der Waals surface area contributed by atoms with Gasteiger partial charge in [0.05, 0.1) is 6.10 Å². The van der Waals surface area contributed by atoms with Gasteiger partial charge < -0.3 is 15.2 Å². The second kappa shape index (κ2) is 13.8. The van der Waals surface area contributed by atoms with Gasteiger partial charge in [-0.3, -0.25) is 0 Å². The fourth-order valence-corrected chi connectivity index (χ4v) is 8.82. The van der Waals surface area contributed by atoms with E-state index in [1.165, 1.54) is 37.7 Å². The average Bonchev–Trinajstić information content (AvgIpc) is 3.28. The summed E-state index contributed by atoms with van der Waals surface area (Å²) >= 11 is 0. The van der Waals surface area contributed by atoms with Crippen molar-refractivity contribution < 1.29 is 28.6 Å². The molecule has 0 radical (unpaired) electrons. The standard InChI is InChI=1S/C33H52NO6P/c1-6-22(2)7-8-23(3)28-11-12-29-27-10-9-24-21-26(13-17-32(24,4)30(27)14-18-33(28,29)5)40-31(36)34-19-15-25(35)16-20-39-41(37)38/h7-10,22-23,25-26,28-30,35H,6,11-21H2,1-5H3,(H-,34,36,37,38)/p+1/b8-7+/t22?,23?,25?,26-,28?,29?,30?,32?,33?/m1/s1. The molecule has 3 N–H and O–H groups in total. The largest absolute Gasteiger partial charge is 0.694 e. The first-order valence-electron chi connectivity index (χ1n) is 16.0. The molecule has 0 aromatic rings. The molecule has 1 amide bonds. The molecule has 0 aromatic carbocycles. The molecule has 9 unspecified atom stereocenters. The molecule has 230 valence electrons. The summed E-state index contributed by atoms with van der Waals surface area (Å²) in [5.41, 5.74) is 3.64. The third-order valence-electron chi connectivity index (χ3n) is 11.3. The number of allylic oxidation sites excluding steroid dienone is 5. The normalized spacial score (nSPS) is 35.3. The van der Waals surface area contributed by atoms with Gasteiger partial charge in [0, 0.05) is 24.0 Å². The Morgan fingerprint density at radius 3 is 2.63 bits per heavy atom. The lowest BCUT2D eigenvalue weighted by Crippen LogP contribution is -2.47. The van der Waals surface area contributed by atoms with Crippen LogP contribution in [0.25, 0.3) is 0 Å². The number of fused-ring (bicyclic) bond motifs is 5. The topological polar surface area (TPSA) is 105 Å². The third-order valence-corrected chi connectivity index (χ3v) is 11.7. The second-order valence-corrected chi connectivity index (χ2v) is 14.5. The van der Waals surface area contributed by atoms with E-state index in [9.17, 15) is 14.5 Å². The first-order valence-corrected chi connectivity index (χ1v) is 17.1. The molecule has 4 aliphatic carbocycles. The lowest BCUT2D eigenvalue weighted by Gasteiger charge is -2.55. The van der Waals surface area contributed by atoms with Crippen molar-refractivity contribution >= 4 is 14.3 Å². The summed E-state index contributed by atoms with van der Waals surface area (Å²) in [6.45, 7) is 12.3. The maximum absolute atomic E-state index is 12.5. The number of carbonyl (C=O) groups excluding carboxylic acids is 1. The number of hydrogen-bond donors (Lipinski definition) is 3. The predicted molar refractivity (Wildman–Crippen MR) is 162 cm³/mol. The maximum atomic E-state index is 12.5. The zero-order valence-corrected chi connectivity index (χ0v) is 26.7. The van der Waals surface area contributed by atoms with E-state index in [4.69, 9.17) is 9.63 Å². The van der Waals surface area contributed by atoms with Crippen LogP contribution in [-0.4, -0.2) is 41.5 Å². The summed E-state index contributed by atoms with van der Waals surface area (Å²) < 4.78 is 20.9. The highest BCUT2D eigenvalue weighted by atomic mass is 31.1. The fourth-order valence-electron chi connectivity index (χ4n) is 8.55. The van der Waals surface area contributed by atoms with Gasteiger partial charge in [-0.25, -0.2) is 4.79 Å². The number of alkyl carbamates (subject to hydrolysis) is 1. The van der Waals surface area contributed by atoms with E-state index in [0.717, 1.165) is 25.2 Å². The van der Waals surface area contributed by atoms with Crippen LogP contribution in [0.15, 0.2) is 35.5 Å². The Morgan fingerprint density at radius 2 is 1.90 bits per heavy atom. The van der Waals surface area contributed by atoms with E-state index in [-0.39, 0.29) is 31.1 Å². The number of ether oxygens (including phenoxy) is 1. The van der Waals surface area contributed by atoms with E-state index in [2.05, 4.69) is 68.8 Å². The van der Waals surface area contributed by atoms with Gasteiger partial charge in [0.25, 0.3) is 0 Å². The summed E-state index contributed by atoms with van der Waals surface area (Å²) in [5.74, 6) is 3.29. The summed E-state index contributed by atoms with van der Waals surface area (Å²) in [6, 6.07) is 0. The quantitative estimate of drug-likeness (QED) is 0.159. The second-order valence-electron chi connectivity index (χ2n) is 13.7. The lowest BCUT2D eigenvalue weighted by atomic mass is 9.50. The van der Waals surface area contributed by atoms with Crippen LogP contribution in [-0.2, 0) is 13.8 Å². The average molecular weight is 591 g/mol. The van der Waals surface area contributed by atoms with E-state index in [1.54, 1.807) is 5.57 Å². The minimum atomic E-state index is -2.65. The fraction of sp³-hybridized carbons (Fsp3) is 0.788. The van der Waals surface area contributed by atoms with Crippen molar-refractivity contribution in [2.24, 2.45) is 40.4 Å². The molecule has 0 bridgehead atoms. The van der Waals surface area contributed by atoms with Crippen molar-refractivity contribution in [1.29, 1.82) is 0 Å². The van der Waals surface area contributed by atoms with Gasteiger partial charge in [-0.2, -0.15) is 0 Å². The Labute approximate surface area is 248 Å². The first kappa shape index (κ1) is 32.4. The molecule has 8 heteroatoms. The highest BCUT2D eigenvalue weighted by Gasteiger charge is 2.57. The zero-order chi connectivity index (χ0) is 29.8. The number of aliphatic hydroxyl groups excluding tert-OH is 1. The lowest BCUT2D eigenvalue weighted by molar-refractivity contribution is 0.0289. The van der Waals surface area contributed by atoms with Crippen molar-refractivity contribution in [2.45, 2.75) is 111 Å². The number of nitrogens with one attached hydrogen (secondary N) is 1. The molecule has 4 aliphatic rings. The molecule has 41 heavy (non-hydrogen) atoms. The van der Waals surface area contributed by atoms with E-state index >= 15 is 0 Å². The summed E-state index contributed by atoms with van der Waals surface area (Å²) in [7, 11) is -2.65. The Kier molecular flexibility index (Phi) is 10.9. The summed E-state index contributed by atoms with van der Waals surface area (Å²) in [4.78, 5) is 21.1. The van der Waals surface area contributed by atoms with Crippen LogP contribution in [0.2, 0.25) is 0 Å². The van der Waals surface area contributed by atoms with Crippen LogP contribution < -0.4 is 5.32 Å². The summed E-state index contributed by atoms with van der Waals surface area (Å²) in [5, 5.41) is 12.7. The SMILES string of the molecule is CCC(C)/C=C/C(C)C1CCC2C3=CC=C4C[C@H](OC(=O)NCCC(O)CCO[P+](=O)O)CCC4(C)C3CCC21C. The van der Waals surface area contributed by atoms with Crippen molar-refractivity contribution in [2.75, 3.05) is 13.2 Å². The van der Waals surface area contributed by atoms with Crippen LogP contribution in [0.4, 0.5) is 4.79 Å². The molecule has 10 atom stereocenters. The van der Waals surface area contributed by atoms with Crippen LogP contribution in [0.5, 0.6) is 0 Å². The van der Waals surface area contributed by atoms with Gasteiger partial charge in [-0.15, -0.1) is 9.42 Å². The van der Waals surface area contributed by atoms with Crippen LogP contribution in [0, 0.1) is 40.4 Å². The molecule has 0 saturated heterocycles. The Hall–Kier alpha value is -1.53. The minimum absolute atomic E-state index is 0.000152. The third kappa shape index (κ3) is 7.34. The van der Waals surface area contributed by atoms with Crippen molar-refractivity contribution in [3.63, 3.8) is 0 Å². The van der Waals surface area contributed by atoms with E-state index in [1.807, 2.05) is 0 Å². The smallest absolute Gasteiger partial charge is 0.446 e. The van der Waals surface area contributed by atoms with Gasteiger partial charge in [0.1, 0.15) is 12.7 Å². The van der Waals surface area contributed by atoms with Crippen molar-refractivity contribution in [3.05, 3.63) is 35.5 Å². The van der Waals surface area contributed by atoms with Crippen LogP contribution in [0.3, 0.4) is 0 Å². The molecular formula is C33H53NO6P+. The first-order chi connectivity index (χ1) is 19.5. The number of rotatable bonds is 12. The van der Waals surface area contributed by atoms with Gasteiger partial charge in [-0.05, 0) is 85.4 Å². The number of hydrogen-bond acceptors (Lipinski definition) is 5. The maximum Gasteiger partial charge on any atom is 0.694 e. The predicted octanol–water partition coefficient (Wildman–Crippen LogP) is 7.63. The number of aliphatic hydroxyl groups is 1. The number of carbonyl (C=O) groups is 1. The van der Waals surface area contributed by atoms with Crippen molar-refractivity contribution in [1.82, 2.24) is 5.32 Å². The minimum Gasteiger partial charge on any atom is -0.446 e. The van der Waals surface area contributed by atoms with Crippen LogP contribution >= 0.6 is 8.25 Å². The Morgan fingerprint density at radius 1 is 1.12 bits per heavy atom. The summed E-state index contributed by atoms with van der Waals surface area (Å²) in [6.07, 6.45) is 18.1. The monoisotopic (exact) mass is 590 g/mol. The highest BCUT2D eigenvalue weighted by molar-refractivity contribution is 7.32.